The summed E-state index contributed by atoms with van der Waals surface area (Å²) in [6.45, 7) is 3.28. The van der Waals surface area contributed by atoms with Crippen molar-refractivity contribution in [1.29, 1.82) is 0 Å². The van der Waals surface area contributed by atoms with Gasteiger partial charge in [0.15, 0.2) is 0 Å². The molecule has 0 bridgehead atoms. The molecule has 0 aliphatic carbocycles. The maximum atomic E-state index is 11.2. The summed E-state index contributed by atoms with van der Waals surface area (Å²) >= 11 is 1.63. The lowest BCUT2D eigenvalue weighted by molar-refractivity contribution is -0.149. The maximum Gasteiger partial charge on any atom is 0.309 e. The molecule has 1 aliphatic rings. The zero-order chi connectivity index (χ0) is 13.5. The van der Waals surface area contributed by atoms with Crippen LogP contribution in [0.2, 0.25) is 0 Å². The molecule has 0 spiro atoms. The Morgan fingerprint density at radius 1 is 1.42 bits per heavy atom. The summed E-state index contributed by atoms with van der Waals surface area (Å²) in [6, 6.07) is 1.98. The van der Waals surface area contributed by atoms with Crippen molar-refractivity contribution in [2.75, 3.05) is 18.0 Å². The van der Waals surface area contributed by atoms with Crippen molar-refractivity contribution in [3.05, 3.63) is 17.8 Å². The van der Waals surface area contributed by atoms with Gasteiger partial charge in [0.05, 0.1) is 15.6 Å². The molecule has 100 valence electrons. The summed E-state index contributed by atoms with van der Waals surface area (Å²) in [4.78, 5) is 22.0. The number of hydrogen-bond acceptors (Lipinski definition) is 5. The first-order valence-corrected chi connectivity index (χ1v) is 7.15. The van der Waals surface area contributed by atoms with Crippen LogP contribution in [0.4, 0.5) is 5.82 Å². The molecule has 0 saturated carbocycles. The molecule has 19 heavy (non-hydrogen) atoms. The molecular formula is C13H15N3O2S. The van der Waals surface area contributed by atoms with Crippen molar-refractivity contribution in [2.24, 2.45) is 5.41 Å². The van der Waals surface area contributed by atoms with Gasteiger partial charge >= 0.3 is 5.97 Å². The van der Waals surface area contributed by atoms with E-state index in [4.69, 9.17) is 0 Å². The molecule has 1 aliphatic heterocycles. The third-order valence-electron chi connectivity index (χ3n) is 3.91. The lowest BCUT2D eigenvalue weighted by Gasteiger charge is -2.37. The fourth-order valence-electron chi connectivity index (χ4n) is 2.43. The molecule has 6 heteroatoms. The van der Waals surface area contributed by atoms with Crippen LogP contribution < -0.4 is 4.90 Å². The van der Waals surface area contributed by atoms with Crippen molar-refractivity contribution >= 4 is 33.3 Å². The Hall–Kier alpha value is -1.69. The van der Waals surface area contributed by atoms with Crippen molar-refractivity contribution in [3.8, 4) is 0 Å². The van der Waals surface area contributed by atoms with Gasteiger partial charge in [-0.25, -0.2) is 9.97 Å². The van der Waals surface area contributed by atoms with Gasteiger partial charge < -0.3 is 10.0 Å². The summed E-state index contributed by atoms with van der Waals surface area (Å²) < 4.78 is 1.08. The van der Waals surface area contributed by atoms with Crippen molar-refractivity contribution in [1.82, 2.24) is 9.97 Å². The standard InChI is InChI=1S/C13H15N3O2S/c1-13(12(17)18)3-5-16(6-4-13)11-10-9(2-7-19-10)14-8-15-11/h2,7-8H,3-6H2,1H3,(H,17,18). The minimum Gasteiger partial charge on any atom is -0.481 e. The highest BCUT2D eigenvalue weighted by molar-refractivity contribution is 7.17. The molecule has 1 saturated heterocycles. The van der Waals surface area contributed by atoms with Crippen LogP contribution in [0.5, 0.6) is 0 Å². The lowest BCUT2D eigenvalue weighted by Crippen LogP contribution is -2.43. The number of hydrogen-bond donors (Lipinski definition) is 1. The van der Waals surface area contributed by atoms with Gasteiger partial charge in [-0.05, 0) is 31.2 Å². The predicted molar refractivity (Wildman–Crippen MR) is 74.6 cm³/mol. The monoisotopic (exact) mass is 277 g/mol. The molecule has 5 nitrogen and oxygen atoms in total. The molecule has 0 aromatic carbocycles. The van der Waals surface area contributed by atoms with E-state index < -0.39 is 11.4 Å². The van der Waals surface area contributed by atoms with E-state index in [1.807, 2.05) is 18.4 Å². The van der Waals surface area contributed by atoms with Crippen molar-refractivity contribution in [2.45, 2.75) is 19.8 Å². The number of carboxylic acid groups (broad SMARTS) is 1. The lowest BCUT2D eigenvalue weighted by atomic mass is 9.80. The Labute approximate surface area is 114 Å². The van der Waals surface area contributed by atoms with Gasteiger partial charge in [-0.15, -0.1) is 11.3 Å². The molecular weight excluding hydrogens is 262 g/mol. The van der Waals surface area contributed by atoms with E-state index in [1.165, 1.54) is 0 Å². The Morgan fingerprint density at radius 3 is 2.84 bits per heavy atom. The van der Waals surface area contributed by atoms with Gasteiger partial charge in [0.2, 0.25) is 0 Å². The van der Waals surface area contributed by atoms with E-state index in [0.717, 1.165) is 29.1 Å². The molecule has 1 fully saturated rings. The molecule has 3 heterocycles. The van der Waals surface area contributed by atoms with E-state index in [9.17, 15) is 9.90 Å². The smallest absolute Gasteiger partial charge is 0.309 e. The number of carbonyl (C=O) groups is 1. The van der Waals surface area contributed by atoms with Crippen LogP contribution in [0, 0.1) is 5.41 Å². The van der Waals surface area contributed by atoms with Crippen molar-refractivity contribution in [3.63, 3.8) is 0 Å². The SMILES string of the molecule is CC1(C(=O)O)CCN(c2ncnc3ccsc23)CC1. The summed E-state index contributed by atoms with van der Waals surface area (Å²) in [5.74, 6) is 0.239. The average molecular weight is 277 g/mol. The largest absolute Gasteiger partial charge is 0.481 e. The van der Waals surface area contributed by atoms with Crippen molar-refractivity contribution < 1.29 is 9.90 Å². The summed E-state index contributed by atoms with van der Waals surface area (Å²) in [5, 5.41) is 11.3. The van der Waals surface area contributed by atoms with Crippen LogP contribution in [0.1, 0.15) is 19.8 Å². The number of piperidine rings is 1. The second-order valence-electron chi connectivity index (χ2n) is 5.19. The molecule has 0 atom stereocenters. The Balaban J connectivity index is 1.86. The van der Waals surface area contributed by atoms with E-state index in [0.29, 0.717) is 12.8 Å². The highest BCUT2D eigenvalue weighted by atomic mass is 32.1. The van der Waals surface area contributed by atoms with Gasteiger partial charge in [0.1, 0.15) is 12.1 Å². The van der Waals surface area contributed by atoms with E-state index in [-0.39, 0.29) is 0 Å². The zero-order valence-corrected chi connectivity index (χ0v) is 11.5. The first-order valence-electron chi connectivity index (χ1n) is 6.27. The topological polar surface area (TPSA) is 66.3 Å². The van der Waals surface area contributed by atoms with Crippen LogP contribution in [-0.4, -0.2) is 34.1 Å². The van der Waals surface area contributed by atoms with Crippen LogP contribution in [0.3, 0.4) is 0 Å². The number of rotatable bonds is 2. The highest BCUT2D eigenvalue weighted by Gasteiger charge is 2.37. The predicted octanol–water partition coefficient (Wildman–Crippen LogP) is 2.38. The Kier molecular flexibility index (Phi) is 2.89. The van der Waals surface area contributed by atoms with Gasteiger partial charge in [0, 0.05) is 13.1 Å². The summed E-state index contributed by atoms with van der Waals surface area (Å²) in [7, 11) is 0. The minimum absolute atomic E-state index is 0.599. The molecule has 0 unspecified atom stereocenters. The third kappa shape index (κ3) is 2.06. The molecule has 3 rings (SSSR count). The van der Waals surface area contributed by atoms with Gasteiger partial charge in [-0.1, -0.05) is 0 Å². The number of carboxylic acids is 1. The first-order chi connectivity index (χ1) is 9.10. The average Bonchev–Trinajstić information content (AvgIpc) is 2.87. The second kappa shape index (κ2) is 4.45. The minimum atomic E-state index is -0.698. The van der Waals surface area contributed by atoms with Gasteiger partial charge in [-0.3, -0.25) is 4.79 Å². The number of nitrogens with zero attached hydrogens (tertiary/aromatic N) is 3. The Bertz CT molecular complexity index is 617. The fourth-order valence-corrected chi connectivity index (χ4v) is 3.29. The summed E-state index contributed by atoms with van der Waals surface area (Å²) in [6.07, 6.45) is 2.88. The number of aromatic nitrogens is 2. The van der Waals surface area contributed by atoms with E-state index in [1.54, 1.807) is 17.7 Å². The maximum absolute atomic E-state index is 11.2. The molecule has 1 N–H and O–H groups in total. The quantitative estimate of drug-likeness (QED) is 0.913. The molecule has 2 aromatic rings. The number of thiophene rings is 1. The van der Waals surface area contributed by atoms with Crippen LogP contribution in [-0.2, 0) is 4.79 Å². The van der Waals surface area contributed by atoms with E-state index >= 15 is 0 Å². The highest BCUT2D eigenvalue weighted by Crippen LogP contribution is 2.35. The second-order valence-corrected chi connectivity index (χ2v) is 6.10. The number of aliphatic carboxylic acids is 1. The number of anilines is 1. The normalized spacial score (nSPS) is 18.7. The van der Waals surface area contributed by atoms with Gasteiger partial charge in [0.25, 0.3) is 0 Å². The molecule has 0 radical (unpaired) electrons. The van der Waals surface area contributed by atoms with Crippen LogP contribution in [0.25, 0.3) is 10.2 Å². The Morgan fingerprint density at radius 2 is 2.16 bits per heavy atom. The number of fused-ring (bicyclic) bond motifs is 1. The van der Waals surface area contributed by atoms with Crippen LogP contribution >= 0.6 is 11.3 Å². The van der Waals surface area contributed by atoms with E-state index in [2.05, 4.69) is 14.9 Å². The summed E-state index contributed by atoms with van der Waals surface area (Å²) in [5.41, 5.74) is 0.361. The van der Waals surface area contributed by atoms with Gasteiger partial charge in [-0.2, -0.15) is 0 Å². The molecule has 2 aromatic heterocycles. The van der Waals surface area contributed by atoms with Crippen LogP contribution in [0.15, 0.2) is 17.8 Å². The molecule has 0 amide bonds. The third-order valence-corrected chi connectivity index (χ3v) is 4.81. The fraction of sp³-hybridized carbons (Fsp3) is 0.462. The zero-order valence-electron chi connectivity index (χ0n) is 10.7. The first kappa shape index (κ1) is 12.3.